The van der Waals surface area contributed by atoms with E-state index in [9.17, 15) is 13.2 Å². The molecule has 2 atom stereocenters. The summed E-state index contributed by atoms with van der Waals surface area (Å²) in [5, 5.41) is 7.02. The first-order valence-corrected chi connectivity index (χ1v) is 9.51. The first-order valence-electron chi connectivity index (χ1n) is 9.51. The number of nitrogens with one attached hydrogen (secondary N) is 1. The molecule has 5 nitrogen and oxygen atoms in total. The highest BCUT2D eigenvalue weighted by Gasteiger charge is 2.41. The Kier molecular flexibility index (Phi) is 4.13. The SMILES string of the molecule is Cc1ccccc1C1OC1Nc1ccc(-n2nc(C(F)(F)F)cc2C2CC2)nc1. The van der Waals surface area contributed by atoms with Crippen LogP contribution in [0.1, 0.15) is 47.4 Å². The molecule has 2 fully saturated rings. The number of hydrogen-bond acceptors (Lipinski definition) is 4. The highest BCUT2D eigenvalue weighted by atomic mass is 19.4. The van der Waals surface area contributed by atoms with Gasteiger partial charge in [-0.1, -0.05) is 24.3 Å². The molecule has 1 aliphatic carbocycles. The number of aryl methyl sites for hydroxylation is 1. The van der Waals surface area contributed by atoms with Crippen LogP contribution in [0.4, 0.5) is 18.9 Å². The van der Waals surface area contributed by atoms with Crippen LogP contribution in [0.5, 0.6) is 0 Å². The molecule has 1 saturated carbocycles. The second kappa shape index (κ2) is 6.59. The molecule has 8 heteroatoms. The summed E-state index contributed by atoms with van der Waals surface area (Å²) in [7, 11) is 0. The number of ether oxygens (including phenoxy) is 1. The van der Waals surface area contributed by atoms with Gasteiger partial charge in [0.15, 0.2) is 17.7 Å². The van der Waals surface area contributed by atoms with Crippen molar-refractivity contribution in [3.8, 4) is 5.82 Å². The average Bonchev–Trinajstić information content (AvgIpc) is 3.61. The minimum Gasteiger partial charge on any atom is -0.356 e. The molecule has 3 heterocycles. The monoisotopic (exact) mass is 400 g/mol. The number of alkyl halides is 3. The van der Waals surface area contributed by atoms with Gasteiger partial charge >= 0.3 is 6.18 Å². The highest BCUT2D eigenvalue weighted by molar-refractivity contribution is 5.47. The van der Waals surface area contributed by atoms with E-state index in [1.165, 1.54) is 10.2 Å². The van der Waals surface area contributed by atoms with E-state index in [0.29, 0.717) is 11.5 Å². The normalized spacial score (nSPS) is 21.2. The summed E-state index contributed by atoms with van der Waals surface area (Å²) >= 11 is 0. The van der Waals surface area contributed by atoms with Crippen LogP contribution in [0.25, 0.3) is 5.82 Å². The topological polar surface area (TPSA) is 55.3 Å². The Hall–Kier alpha value is -2.87. The molecule has 2 unspecified atom stereocenters. The summed E-state index contributed by atoms with van der Waals surface area (Å²) in [5.74, 6) is 0.494. The maximum absolute atomic E-state index is 13.1. The minimum absolute atomic E-state index is 0.0159. The Bertz CT molecular complexity index is 1040. The lowest BCUT2D eigenvalue weighted by Crippen LogP contribution is -2.09. The van der Waals surface area contributed by atoms with Crippen LogP contribution in [0.3, 0.4) is 0 Å². The quantitative estimate of drug-likeness (QED) is 0.614. The van der Waals surface area contributed by atoms with Gasteiger partial charge in [-0.05, 0) is 49.1 Å². The fourth-order valence-corrected chi connectivity index (χ4v) is 3.51. The summed E-state index contributed by atoms with van der Waals surface area (Å²) < 4.78 is 46.3. The van der Waals surface area contributed by atoms with Gasteiger partial charge in [-0.2, -0.15) is 18.3 Å². The van der Waals surface area contributed by atoms with Crippen molar-refractivity contribution in [1.29, 1.82) is 0 Å². The van der Waals surface area contributed by atoms with Crippen molar-refractivity contribution in [2.75, 3.05) is 5.32 Å². The van der Waals surface area contributed by atoms with E-state index < -0.39 is 11.9 Å². The zero-order chi connectivity index (χ0) is 20.2. The summed E-state index contributed by atoms with van der Waals surface area (Å²) in [6, 6.07) is 12.6. The second-order valence-corrected chi connectivity index (χ2v) is 7.52. The first kappa shape index (κ1) is 18.2. The predicted octanol–water partition coefficient (Wildman–Crippen LogP) is 4.98. The van der Waals surface area contributed by atoms with Crippen molar-refractivity contribution in [3.05, 3.63) is 71.2 Å². The molecule has 0 spiro atoms. The summed E-state index contributed by atoms with van der Waals surface area (Å²) in [5.41, 5.74) is 2.74. The molecule has 1 saturated heterocycles. The van der Waals surface area contributed by atoms with Crippen molar-refractivity contribution < 1.29 is 17.9 Å². The highest BCUT2D eigenvalue weighted by Crippen LogP contribution is 2.43. The summed E-state index contributed by atoms with van der Waals surface area (Å²) in [6.45, 7) is 2.04. The molecule has 0 bridgehead atoms. The molecule has 3 aromatic rings. The van der Waals surface area contributed by atoms with Crippen LogP contribution in [0, 0.1) is 6.92 Å². The van der Waals surface area contributed by atoms with Crippen molar-refractivity contribution in [2.24, 2.45) is 0 Å². The third-order valence-corrected chi connectivity index (χ3v) is 5.28. The van der Waals surface area contributed by atoms with E-state index in [1.54, 1.807) is 18.3 Å². The van der Waals surface area contributed by atoms with Crippen molar-refractivity contribution in [2.45, 2.75) is 44.2 Å². The molecule has 150 valence electrons. The fourth-order valence-electron chi connectivity index (χ4n) is 3.51. The van der Waals surface area contributed by atoms with Gasteiger partial charge in [0.1, 0.15) is 6.10 Å². The molecular weight excluding hydrogens is 381 g/mol. The Balaban J connectivity index is 1.33. The maximum Gasteiger partial charge on any atom is 0.435 e. The Morgan fingerprint density at radius 3 is 2.59 bits per heavy atom. The predicted molar refractivity (Wildman–Crippen MR) is 101 cm³/mol. The van der Waals surface area contributed by atoms with E-state index in [2.05, 4.69) is 15.4 Å². The number of pyridine rings is 1. The number of rotatable bonds is 5. The van der Waals surface area contributed by atoms with E-state index in [1.807, 2.05) is 31.2 Å². The van der Waals surface area contributed by atoms with Gasteiger partial charge in [0.05, 0.1) is 11.9 Å². The van der Waals surface area contributed by atoms with Crippen LogP contribution < -0.4 is 5.32 Å². The second-order valence-electron chi connectivity index (χ2n) is 7.52. The van der Waals surface area contributed by atoms with Crippen LogP contribution in [-0.2, 0) is 10.9 Å². The van der Waals surface area contributed by atoms with Crippen LogP contribution in [0.15, 0.2) is 48.7 Å². The van der Waals surface area contributed by atoms with Gasteiger partial charge in [0, 0.05) is 11.6 Å². The van der Waals surface area contributed by atoms with E-state index >= 15 is 0 Å². The van der Waals surface area contributed by atoms with Crippen molar-refractivity contribution >= 4 is 5.69 Å². The summed E-state index contributed by atoms with van der Waals surface area (Å²) in [6.07, 6.45) is -1.28. The third-order valence-electron chi connectivity index (χ3n) is 5.28. The van der Waals surface area contributed by atoms with Crippen LogP contribution in [0.2, 0.25) is 0 Å². The van der Waals surface area contributed by atoms with Crippen molar-refractivity contribution in [1.82, 2.24) is 14.8 Å². The average molecular weight is 400 g/mol. The van der Waals surface area contributed by atoms with Gasteiger partial charge in [-0.25, -0.2) is 9.67 Å². The van der Waals surface area contributed by atoms with E-state index in [0.717, 1.165) is 30.2 Å². The van der Waals surface area contributed by atoms with Gasteiger partial charge in [-0.3, -0.25) is 0 Å². The molecule has 1 aliphatic heterocycles. The molecule has 2 aromatic heterocycles. The summed E-state index contributed by atoms with van der Waals surface area (Å²) in [4.78, 5) is 4.33. The fraction of sp³-hybridized carbons (Fsp3) is 0.333. The van der Waals surface area contributed by atoms with Crippen molar-refractivity contribution in [3.63, 3.8) is 0 Å². The molecule has 1 aromatic carbocycles. The number of epoxide rings is 1. The smallest absolute Gasteiger partial charge is 0.356 e. The lowest BCUT2D eigenvalue weighted by molar-refractivity contribution is -0.141. The van der Waals surface area contributed by atoms with Crippen LogP contribution in [-0.4, -0.2) is 21.0 Å². The number of benzene rings is 1. The molecule has 1 N–H and O–H groups in total. The Morgan fingerprint density at radius 1 is 1.14 bits per heavy atom. The number of hydrogen-bond donors (Lipinski definition) is 1. The van der Waals surface area contributed by atoms with E-state index in [-0.39, 0.29) is 18.2 Å². The zero-order valence-corrected chi connectivity index (χ0v) is 15.6. The minimum atomic E-state index is -4.47. The Labute approximate surface area is 165 Å². The standard InChI is InChI=1S/C21H19F3N4O/c1-12-4-2-3-5-15(12)19-20(29-19)26-14-8-9-18(25-11-14)28-16(13-6-7-13)10-17(27-28)21(22,23)24/h2-5,8-11,13,19-20,26H,6-7H2,1H3. The van der Waals surface area contributed by atoms with Crippen LogP contribution >= 0.6 is 0 Å². The lowest BCUT2D eigenvalue weighted by Gasteiger charge is -2.08. The Morgan fingerprint density at radius 2 is 1.93 bits per heavy atom. The zero-order valence-electron chi connectivity index (χ0n) is 15.6. The number of nitrogens with zero attached hydrogens (tertiary/aromatic N) is 3. The number of aromatic nitrogens is 3. The molecule has 29 heavy (non-hydrogen) atoms. The molecule has 2 aliphatic rings. The van der Waals surface area contributed by atoms with E-state index in [4.69, 9.17) is 4.74 Å². The maximum atomic E-state index is 13.1. The van der Waals surface area contributed by atoms with Gasteiger partial charge < -0.3 is 10.1 Å². The lowest BCUT2D eigenvalue weighted by atomic mass is 10.1. The molecule has 5 rings (SSSR count). The van der Waals surface area contributed by atoms with Gasteiger partial charge in [0.2, 0.25) is 0 Å². The first-order chi connectivity index (χ1) is 13.9. The number of halogens is 3. The number of anilines is 1. The molecule has 0 radical (unpaired) electrons. The third kappa shape index (κ3) is 3.60. The largest absolute Gasteiger partial charge is 0.435 e. The van der Waals surface area contributed by atoms with Gasteiger partial charge in [0.25, 0.3) is 0 Å². The molecular formula is C21H19F3N4O. The molecule has 0 amide bonds. The van der Waals surface area contributed by atoms with Gasteiger partial charge in [-0.15, -0.1) is 0 Å².